The molecule has 3 aromatic rings. The van der Waals surface area contributed by atoms with E-state index in [0.717, 1.165) is 23.3 Å². The zero-order valence-electron chi connectivity index (χ0n) is 17.7. The number of nitrogens with zero attached hydrogens (tertiary/aromatic N) is 1. The number of rotatable bonds is 7. The number of hydrogen-bond donors (Lipinski definition) is 1. The Labute approximate surface area is 192 Å². The van der Waals surface area contributed by atoms with Crippen molar-refractivity contribution in [3.05, 3.63) is 65.0 Å². The molecule has 0 bridgehead atoms. The molecule has 7 nitrogen and oxygen atoms in total. The summed E-state index contributed by atoms with van der Waals surface area (Å²) in [7, 11) is -6.05. The Morgan fingerprint density at radius 1 is 1.03 bits per heavy atom. The molecular formula is C22H24N2O5S3. The molecule has 2 aromatic carbocycles. The summed E-state index contributed by atoms with van der Waals surface area (Å²) >= 11 is 1.23. The van der Waals surface area contributed by atoms with Gasteiger partial charge in [-0.1, -0.05) is 13.0 Å². The molecular weight excluding hydrogens is 468 g/mol. The maximum Gasteiger partial charge on any atom is 0.271 e. The normalized spacial score (nSPS) is 14.1. The van der Waals surface area contributed by atoms with Gasteiger partial charge in [-0.25, -0.2) is 16.8 Å². The van der Waals surface area contributed by atoms with Gasteiger partial charge in [-0.2, -0.15) is 0 Å². The van der Waals surface area contributed by atoms with E-state index in [2.05, 4.69) is 4.72 Å². The van der Waals surface area contributed by atoms with Crippen molar-refractivity contribution in [3.63, 3.8) is 0 Å². The van der Waals surface area contributed by atoms with Gasteiger partial charge < -0.3 is 4.74 Å². The van der Waals surface area contributed by atoms with Crippen molar-refractivity contribution in [2.24, 2.45) is 0 Å². The summed E-state index contributed by atoms with van der Waals surface area (Å²) in [5.74, 6) is 0.569. The Hall–Kier alpha value is -2.56. The van der Waals surface area contributed by atoms with Crippen LogP contribution in [0, 0.1) is 0 Å². The van der Waals surface area contributed by atoms with Crippen molar-refractivity contribution >= 4 is 42.8 Å². The van der Waals surface area contributed by atoms with Crippen LogP contribution in [0.15, 0.2) is 63.7 Å². The smallest absolute Gasteiger partial charge is 0.271 e. The molecule has 10 heteroatoms. The Bertz CT molecular complexity index is 1330. The minimum atomic E-state index is -3.81. The van der Waals surface area contributed by atoms with Crippen molar-refractivity contribution in [1.29, 1.82) is 0 Å². The number of hydrogen-bond acceptors (Lipinski definition) is 6. The van der Waals surface area contributed by atoms with Crippen molar-refractivity contribution in [3.8, 4) is 5.75 Å². The van der Waals surface area contributed by atoms with Crippen LogP contribution < -0.4 is 13.8 Å². The first-order chi connectivity index (χ1) is 15.2. The van der Waals surface area contributed by atoms with Gasteiger partial charge in [0.15, 0.2) is 0 Å². The summed E-state index contributed by atoms with van der Waals surface area (Å²) in [6.45, 7) is 2.29. The van der Waals surface area contributed by atoms with Crippen LogP contribution in [0.2, 0.25) is 0 Å². The second kappa shape index (κ2) is 8.76. The second-order valence-electron chi connectivity index (χ2n) is 7.38. The molecule has 1 aliphatic rings. The van der Waals surface area contributed by atoms with Gasteiger partial charge in [0.05, 0.1) is 23.4 Å². The molecule has 0 unspecified atom stereocenters. The predicted molar refractivity (Wildman–Crippen MR) is 127 cm³/mol. The van der Waals surface area contributed by atoms with Crippen LogP contribution >= 0.6 is 11.3 Å². The number of sulfonamides is 2. The number of nitrogens with one attached hydrogen (secondary N) is 1. The van der Waals surface area contributed by atoms with Crippen LogP contribution in [-0.4, -0.2) is 30.5 Å². The molecule has 32 heavy (non-hydrogen) atoms. The highest BCUT2D eigenvalue weighted by atomic mass is 32.2. The minimum Gasteiger partial charge on any atom is -0.497 e. The van der Waals surface area contributed by atoms with Gasteiger partial charge in [0, 0.05) is 11.4 Å². The lowest BCUT2D eigenvalue weighted by atomic mass is 10.0. The van der Waals surface area contributed by atoms with Crippen LogP contribution in [0.4, 0.5) is 11.4 Å². The second-order valence-corrected chi connectivity index (χ2v) is 12.3. The minimum absolute atomic E-state index is 0.155. The molecule has 0 atom stereocenters. The Balaban J connectivity index is 1.67. The molecule has 1 aliphatic heterocycles. The predicted octanol–water partition coefficient (Wildman–Crippen LogP) is 4.26. The van der Waals surface area contributed by atoms with Gasteiger partial charge >= 0.3 is 0 Å². The molecule has 1 N–H and O–H groups in total. The zero-order valence-corrected chi connectivity index (χ0v) is 20.2. The summed E-state index contributed by atoms with van der Waals surface area (Å²) in [4.78, 5) is 1.13. The van der Waals surface area contributed by atoms with Gasteiger partial charge in [-0.3, -0.25) is 9.03 Å². The van der Waals surface area contributed by atoms with E-state index in [9.17, 15) is 16.8 Å². The van der Waals surface area contributed by atoms with E-state index in [-0.39, 0.29) is 9.10 Å². The fourth-order valence-electron chi connectivity index (χ4n) is 3.63. The van der Waals surface area contributed by atoms with E-state index < -0.39 is 20.0 Å². The first-order valence-electron chi connectivity index (χ1n) is 10.2. The first kappa shape index (κ1) is 22.6. The summed E-state index contributed by atoms with van der Waals surface area (Å²) in [6.07, 6.45) is 2.17. The maximum atomic E-state index is 13.4. The van der Waals surface area contributed by atoms with Gasteiger partial charge in [0.2, 0.25) is 0 Å². The lowest BCUT2D eigenvalue weighted by Crippen LogP contribution is -2.35. The van der Waals surface area contributed by atoms with Crippen molar-refractivity contribution < 1.29 is 21.6 Å². The Morgan fingerprint density at radius 3 is 2.44 bits per heavy atom. The highest BCUT2D eigenvalue weighted by Crippen LogP contribution is 2.35. The fraction of sp³-hybridized carbons (Fsp3) is 0.273. The molecule has 0 radical (unpaired) electrons. The lowest BCUT2D eigenvalue weighted by molar-refractivity contribution is 0.414. The third-order valence-electron chi connectivity index (χ3n) is 5.31. The average molecular weight is 493 g/mol. The number of fused-ring (bicyclic) bond motifs is 1. The molecule has 0 fully saturated rings. The summed E-state index contributed by atoms with van der Waals surface area (Å²) in [5.41, 5.74) is 1.68. The van der Waals surface area contributed by atoms with E-state index in [1.807, 2.05) is 6.92 Å². The summed E-state index contributed by atoms with van der Waals surface area (Å²) in [5, 5.41) is 0. The average Bonchev–Trinajstić information content (AvgIpc) is 3.29. The Morgan fingerprint density at radius 2 is 1.78 bits per heavy atom. The van der Waals surface area contributed by atoms with E-state index >= 15 is 0 Å². The fourth-order valence-corrected chi connectivity index (χ4v) is 7.50. The van der Waals surface area contributed by atoms with Gasteiger partial charge in [0.25, 0.3) is 20.0 Å². The van der Waals surface area contributed by atoms with E-state index in [4.69, 9.17) is 4.74 Å². The number of ether oxygens (including phenoxy) is 1. The largest absolute Gasteiger partial charge is 0.497 e. The van der Waals surface area contributed by atoms with Crippen LogP contribution in [-0.2, 0) is 32.9 Å². The molecule has 0 saturated carbocycles. The standard InChI is InChI=1S/C22H24N2O5S3/c1-3-19-10-13-22(30-19)31(25,26)23-17-7-6-16-5-4-14-24(21(16)15-17)32(27,28)20-11-8-18(29-2)9-12-20/h6-13,15,23H,3-5,14H2,1-2H3. The molecule has 170 valence electrons. The number of methoxy groups -OCH3 is 1. The van der Waals surface area contributed by atoms with Crippen LogP contribution in [0.1, 0.15) is 23.8 Å². The monoisotopic (exact) mass is 492 g/mol. The zero-order chi connectivity index (χ0) is 22.9. The lowest BCUT2D eigenvalue weighted by Gasteiger charge is -2.31. The molecule has 0 spiro atoms. The van der Waals surface area contributed by atoms with Gasteiger partial charge in [-0.05, 0) is 73.4 Å². The molecule has 0 saturated heterocycles. The van der Waals surface area contributed by atoms with Crippen molar-refractivity contribution in [2.75, 3.05) is 22.7 Å². The van der Waals surface area contributed by atoms with Crippen molar-refractivity contribution in [2.45, 2.75) is 35.3 Å². The van der Waals surface area contributed by atoms with Crippen LogP contribution in [0.5, 0.6) is 5.75 Å². The van der Waals surface area contributed by atoms with E-state index in [0.29, 0.717) is 30.1 Å². The van der Waals surface area contributed by atoms with E-state index in [1.54, 1.807) is 42.5 Å². The first-order valence-corrected chi connectivity index (χ1v) is 13.9. The quantitative estimate of drug-likeness (QED) is 0.532. The molecule has 2 heterocycles. The third-order valence-corrected chi connectivity index (χ3v) is 10.2. The SMILES string of the molecule is CCc1ccc(S(=O)(=O)Nc2ccc3c(c2)N(S(=O)(=O)c2ccc(OC)cc2)CCC3)s1. The summed E-state index contributed by atoms with van der Waals surface area (Å²) in [6, 6.07) is 14.7. The van der Waals surface area contributed by atoms with Crippen molar-refractivity contribution in [1.82, 2.24) is 0 Å². The Kier molecular flexibility index (Phi) is 6.19. The van der Waals surface area contributed by atoms with Crippen LogP contribution in [0.3, 0.4) is 0 Å². The molecule has 4 rings (SSSR count). The molecule has 0 amide bonds. The molecule has 0 aliphatic carbocycles. The number of benzene rings is 2. The molecule has 1 aromatic heterocycles. The van der Waals surface area contributed by atoms with Crippen LogP contribution in [0.25, 0.3) is 0 Å². The van der Waals surface area contributed by atoms with Gasteiger partial charge in [0.1, 0.15) is 9.96 Å². The number of anilines is 2. The highest BCUT2D eigenvalue weighted by Gasteiger charge is 2.30. The maximum absolute atomic E-state index is 13.4. The third kappa shape index (κ3) is 4.35. The number of thiophene rings is 1. The van der Waals surface area contributed by atoms with E-state index in [1.165, 1.54) is 34.9 Å². The highest BCUT2D eigenvalue weighted by molar-refractivity contribution is 7.94. The topological polar surface area (TPSA) is 92.8 Å². The summed E-state index contributed by atoms with van der Waals surface area (Å²) < 4.78 is 61.6. The van der Waals surface area contributed by atoms with Gasteiger partial charge in [-0.15, -0.1) is 11.3 Å². The number of aryl methyl sites for hydroxylation is 2.